The van der Waals surface area contributed by atoms with Gasteiger partial charge < -0.3 is 0 Å². The fourth-order valence-corrected chi connectivity index (χ4v) is 1.88. The van der Waals surface area contributed by atoms with Gasteiger partial charge in [-0.05, 0) is 35.9 Å². The molecule has 0 unspecified atom stereocenters. The number of H-pyrrole nitrogens is 1. The molecular weight excluding hydrogens is 255 g/mol. The zero-order chi connectivity index (χ0) is 13.9. The van der Waals surface area contributed by atoms with Crippen LogP contribution in [-0.2, 0) is 0 Å². The maximum Gasteiger partial charge on any atom is 0.141 e. The van der Waals surface area contributed by atoms with Crippen LogP contribution in [0.1, 0.15) is 17.0 Å². The number of aromatic nitrogens is 3. The number of nitriles is 1. The van der Waals surface area contributed by atoms with E-state index in [2.05, 4.69) is 15.2 Å². The van der Waals surface area contributed by atoms with Gasteiger partial charge in [-0.15, -0.1) is 0 Å². The van der Waals surface area contributed by atoms with Gasteiger partial charge in [-0.3, -0.25) is 5.10 Å². The second-order valence-electron chi connectivity index (χ2n) is 4.20. The molecule has 1 aromatic carbocycles. The van der Waals surface area contributed by atoms with Crippen molar-refractivity contribution in [1.82, 2.24) is 15.2 Å². The molecular formula is C15H9FN4. The summed E-state index contributed by atoms with van der Waals surface area (Å²) in [7, 11) is 0. The minimum Gasteiger partial charge on any atom is -0.276 e. The lowest BCUT2D eigenvalue weighted by Gasteiger charge is -1.93. The van der Waals surface area contributed by atoms with Crippen molar-refractivity contribution in [2.24, 2.45) is 0 Å². The maximum absolute atomic E-state index is 13.1. The highest BCUT2D eigenvalue weighted by Gasteiger charge is 2.05. The van der Waals surface area contributed by atoms with E-state index >= 15 is 0 Å². The summed E-state index contributed by atoms with van der Waals surface area (Å²) in [5.74, 6) is -0.288. The third-order valence-electron chi connectivity index (χ3n) is 2.83. The molecule has 4 nitrogen and oxygen atoms in total. The smallest absolute Gasteiger partial charge is 0.141 e. The number of halogens is 1. The Morgan fingerprint density at radius 2 is 2.10 bits per heavy atom. The van der Waals surface area contributed by atoms with Gasteiger partial charge in [0.2, 0.25) is 0 Å². The Balaban J connectivity index is 2.00. The van der Waals surface area contributed by atoms with E-state index in [9.17, 15) is 4.39 Å². The van der Waals surface area contributed by atoms with Crippen molar-refractivity contribution in [2.75, 3.05) is 0 Å². The third-order valence-corrected chi connectivity index (χ3v) is 2.83. The molecule has 0 saturated heterocycles. The highest BCUT2D eigenvalue weighted by Crippen LogP contribution is 2.16. The first-order valence-corrected chi connectivity index (χ1v) is 5.95. The van der Waals surface area contributed by atoms with E-state index in [4.69, 9.17) is 5.26 Å². The van der Waals surface area contributed by atoms with Crippen LogP contribution in [0.3, 0.4) is 0 Å². The fraction of sp³-hybridized carbons (Fsp3) is 0. The zero-order valence-electron chi connectivity index (χ0n) is 10.3. The average Bonchev–Trinajstić information content (AvgIpc) is 2.87. The molecule has 0 fully saturated rings. The van der Waals surface area contributed by atoms with Crippen LogP contribution >= 0.6 is 0 Å². The Kier molecular flexibility index (Phi) is 2.98. The molecule has 20 heavy (non-hydrogen) atoms. The quantitative estimate of drug-likeness (QED) is 0.773. The normalized spacial score (nSPS) is 11.0. The Hall–Kier alpha value is -3.00. The van der Waals surface area contributed by atoms with Crippen LogP contribution in [0.4, 0.5) is 4.39 Å². The molecule has 0 aliphatic carbocycles. The summed E-state index contributed by atoms with van der Waals surface area (Å²) >= 11 is 0. The molecule has 2 aromatic heterocycles. The number of hydrogen-bond acceptors (Lipinski definition) is 3. The fourth-order valence-electron chi connectivity index (χ4n) is 1.88. The van der Waals surface area contributed by atoms with Crippen LogP contribution in [0, 0.1) is 17.1 Å². The van der Waals surface area contributed by atoms with Gasteiger partial charge in [0.05, 0.1) is 5.52 Å². The van der Waals surface area contributed by atoms with E-state index in [1.165, 1.54) is 12.1 Å². The summed E-state index contributed by atoms with van der Waals surface area (Å²) in [6.45, 7) is 0. The lowest BCUT2D eigenvalue weighted by molar-refractivity contribution is 0.627. The molecule has 0 radical (unpaired) electrons. The molecule has 0 atom stereocenters. The number of fused-ring (bicyclic) bond motifs is 1. The Morgan fingerprint density at radius 1 is 1.20 bits per heavy atom. The number of pyridine rings is 1. The molecule has 0 saturated carbocycles. The van der Waals surface area contributed by atoms with E-state index in [0.717, 1.165) is 11.1 Å². The molecule has 0 spiro atoms. The topological polar surface area (TPSA) is 65.4 Å². The lowest BCUT2D eigenvalue weighted by atomic mass is 10.2. The number of benzene rings is 1. The molecule has 96 valence electrons. The summed E-state index contributed by atoms with van der Waals surface area (Å²) < 4.78 is 13.1. The molecule has 3 rings (SSSR count). The van der Waals surface area contributed by atoms with Crippen molar-refractivity contribution < 1.29 is 4.39 Å². The molecule has 2 heterocycles. The van der Waals surface area contributed by atoms with E-state index in [1.54, 1.807) is 36.4 Å². The van der Waals surface area contributed by atoms with Gasteiger partial charge in [-0.2, -0.15) is 10.4 Å². The van der Waals surface area contributed by atoms with Crippen LogP contribution < -0.4 is 0 Å². The van der Waals surface area contributed by atoms with Crippen molar-refractivity contribution in [2.45, 2.75) is 0 Å². The number of nitrogens with zero attached hydrogens (tertiary/aromatic N) is 3. The van der Waals surface area contributed by atoms with Gasteiger partial charge in [0.25, 0.3) is 0 Å². The van der Waals surface area contributed by atoms with Crippen molar-refractivity contribution in [1.29, 1.82) is 5.26 Å². The molecule has 5 heteroatoms. The number of hydrogen-bond donors (Lipinski definition) is 1. The van der Waals surface area contributed by atoms with Crippen molar-refractivity contribution >= 4 is 23.2 Å². The van der Waals surface area contributed by atoms with Gasteiger partial charge >= 0.3 is 0 Å². The first-order valence-electron chi connectivity index (χ1n) is 5.95. The Labute approximate surface area is 114 Å². The lowest BCUT2D eigenvalue weighted by Crippen LogP contribution is -1.83. The standard InChI is InChI=1S/C15H9FN4/c16-11-3-1-2-10(8-11)4-6-13-15-14(20-19-13)7-5-12(9-17)18-15/h1-8H,(H,19,20)/b6-4+. The summed E-state index contributed by atoms with van der Waals surface area (Å²) in [4.78, 5) is 4.20. The van der Waals surface area contributed by atoms with Gasteiger partial charge in [0.15, 0.2) is 0 Å². The van der Waals surface area contributed by atoms with Crippen LogP contribution in [-0.4, -0.2) is 15.2 Å². The number of aromatic amines is 1. The maximum atomic E-state index is 13.1. The van der Waals surface area contributed by atoms with Gasteiger partial charge in [-0.25, -0.2) is 9.37 Å². The monoisotopic (exact) mass is 264 g/mol. The average molecular weight is 264 g/mol. The summed E-state index contributed by atoms with van der Waals surface area (Å²) in [5, 5.41) is 15.8. The van der Waals surface area contributed by atoms with Crippen LogP contribution in [0.25, 0.3) is 23.2 Å². The summed E-state index contributed by atoms with van der Waals surface area (Å²) in [6.07, 6.45) is 3.49. The largest absolute Gasteiger partial charge is 0.276 e. The van der Waals surface area contributed by atoms with Crippen molar-refractivity contribution in [3.8, 4) is 6.07 Å². The van der Waals surface area contributed by atoms with Crippen molar-refractivity contribution in [3.63, 3.8) is 0 Å². The van der Waals surface area contributed by atoms with Crippen LogP contribution in [0.15, 0.2) is 36.4 Å². The van der Waals surface area contributed by atoms with Gasteiger partial charge in [0, 0.05) is 0 Å². The first-order chi connectivity index (χ1) is 9.76. The third kappa shape index (κ3) is 2.27. The predicted molar refractivity (Wildman–Crippen MR) is 73.9 cm³/mol. The van der Waals surface area contributed by atoms with Gasteiger partial charge in [0.1, 0.15) is 28.8 Å². The molecule has 0 aliphatic rings. The summed E-state index contributed by atoms with van der Waals surface area (Å²) in [5.41, 5.74) is 3.05. The highest BCUT2D eigenvalue weighted by molar-refractivity contribution is 5.86. The van der Waals surface area contributed by atoms with E-state index in [1.807, 2.05) is 6.07 Å². The minimum atomic E-state index is -0.288. The predicted octanol–water partition coefficient (Wildman–Crippen LogP) is 3.14. The molecule has 0 amide bonds. The van der Waals surface area contributed by atoms with Crippen LogP contribution in [0.2, 0.25) is 0 Å². The second kappa shape index (κ2) is 4.94. The van der Waals surface area contributed by atoms with E-state index in [-0.39, 0.29) is 5.82 Å². The Bertz CT molecular complexity index is 842. The Morgan fingerprint density at radius 3 is 2.90 bits per heavy atom. The SMILES string of the molecule is N#Cc1ccc2[nH]nc(/C=C/c3cccc(F)c3)c2n1. The second-order valence-corrected chi connectivity index (χ2v) is 4.20. The van der Waals surface area contributed by atoms with Crippen LogP contribution in [0.5, 0.6) is 0 Å². The highest BCUT2D eigenvalue weighted by atomic mass is 19.1. The summed E-state index contributed by atoms with van der Waals surface area (Å²) in [6, 6.07) is 11.6. The molecule has 0 bridgehead atoms. The van der Waals surface area contributed by atoms with Gasteiger partial charge in [-0.1, -0.05) is 18.2 Å². The zero-order valence-corrected chi connectivity index (χ0v) is 10.3. The molecule has 0 aliphatic heterocycles. The minimum absolute atomic E-state index is 0.288. The molecule has 1 N–H and O–H groups in total. The number of rotatable bonds is 2. The van der Waals surface area contributed by atoms with Crippen molar-refractivity contribution in [3.05, 3.63) is 59.2 Å². The first kappa shape index (κ1) is 12.1. The number of nitrogens with one attached hydrogen (secondary N) is 1. The van der Waals surface area contributed by atoms with E-state index < -0.39 is 0 Å². The molecule has 3 aromatic rings. The van der Waals surface area contributed by atoms with E-state index in [0.29, 0.717) is 16.9 Å².